The lowest BCUT2D eigenvalue weighted by molar-refractivity contribution is -0.140. The smallest absolute Gasteiger partial charge is 0.244 e. The number of hydrogen-bond donors (Lipinski definition) is 1. The first-order valence-electron chi connectivity index (χ1n) is 13.9. The molecule has 3 aromatic rings. The number of aryl methyl sites for hydroxylation is 2. The number of nitrogens with zero attached hydrogens (tertiary/aromatic N) is 2. The van der Waals surface area contributed by atoms with Crippen LogP contribution in [0.25, 0.3) is 0 Å². The Morgan fingerprint density at radius 1 is 0.902 bits per heavy atom. The van der Waals surface area contributed by atoms with Gasteiger partial charge < -0.3 is 10.2 Å². The van der Waals surface area contributed by atoms with E-state index in [0.717, 1.165) is 41.8 Å². The summed E-state index contributed by atoms with van der Waals surface area (Å²) in [6.45, 7) is 3.13. The summed E-state index contributed by atoms with van der Waals surface area (Å²) in [6.07, 6.45) is 5.14. The topological polar surface area (TPSA) is 86.8 Å². The molecule has 9 heteroatoms. The fourth-order valence-corrected chi connectivity index (χ4v) is 6.45. The van der Waals surface area contributed by atoms with E-state index in [4.69, 9.17) is 0 Å². The molecular formula is C32H38FN3O4S. The van der Waals surface area contributed by atoms with Gasteiger partial charge in [0.2, 0.25) is 21.8 Å². The van der Waals surface area contributed by atoms with Crippen molar-refractivity contribution in [2.75, 3.05) is 17.1 Å². The average Bonchev–Trinajstić information content (AvgIpc) is 3.44. The highest BCUT2D eigenvalue weighted by Gasteiger charge is 2.34. The number of rotatable bonds is 11. The summed E-state index contributed by atoms with van der Waals surface area (Å²) in [7, 11) is -3.86. The van der Waals surface area contributed by atoms with Crippen molar-refractivity contribution in [2.24, 2.45) is 0 Å². The van der Waals surface area contributed by atoms with E-state index in [1.54, 1.807) is 38.1 Å². The fraction of sp³-hybridized carbons (Fsp3) is 0.375. The summed E-state index contributed by atoms with van der Waals surface area (Å²) in [5, 5.41) is 3.14. The summed E-state index contributed by atoms with van der Waals surface area (Å²) in [5.41, 5.74) is 3.37. The minimum absolute atomic E-state index is 0.0130. The SMILES string of the molecule is Cc1cccc(C)c1N(CC(=O)N(Cc1ccc(F)cc1)[C@H](Cc1ccccc1)C(=O)NC1CCCC1)S(C)(=O)=O. The Hall–Kier alpha value is -3.72. The minimum Gasteiger partial charge on any atom is -0.352 e. The van der Waals surface area contributed by atoms with E-state index >= 15 is 0 Å². The van der Waals surface area contributed by atoms with Crippen molar-refractivity contribution < 1.29 is 22.4 Å². The highest BCUT2D eigenvalue weighted by atomic mass is 32.2. The fourth-order valence-electron chi connectivity index (χ4n) is 5.48. The van der Waals surface area contributed by atoms with Crippen molar-refractivity contribution >= 4 is 27.5 Å². The summed E-state index contributed by atoms with van der Waals surface area (Å²) in [5.74, 6) is -1.22. The number of para-hydroxylation sites is 1. The van der Waals surface area contributed by atoms with Gasteiger partial charge >= 0.3 is 0 Å². The number of anilines is 1. The lowest BCUT2D eigenvalue weighted by atomic mass is 10.0. The van der Waals surface area contributed by atoms with Gasteiger partial charge in [-0.15, -0.1) is 0 Å². The van der Waals surface area contributed by atoms with E-state index in [-0.39, 0.29) is 24.9 Å². The van der Waals surface area contributed by atoms with Gasteiger partial charge in [0.05, 0.1) is 11.9 Å². The molecule has 2 amide bonds. The monoisotopic (exact) mass is 579 g/mol. The van der Waals surface area contributed by atoms with Gasteiger partial charge in [0.1, 0.15) is 18.4 Å². The standard InChI is InChI=1S/C32H38FN3O4S/c1-23-10-9-11-24(2)31(23)36(41(3,39)40)22-30(37)35(21-26-16-18-27(33)19-17-26)29(20-25-12-5-4-6-13-25)32(38)34-28-14-7-8-15-28/h4-6,9-13,16-19,28-29H,7-8,14-15,20-22H2,1-3H3,(H,34,38)/t29-/m1/s1. The Morgan fingerprint density at radius 3 is 2.10 bits per heavy atom. The van der Waals surface area contributed by atoms with Gasteiger partial charge in [0.15, 0.2) is 0 Å². The molecule has 1 fully saturated rings. The first-order valence-corrected chi connectivity index (χ1v) is 15.8. The predicted molar refractivity (Wildman–Crippen MR) is 159 cm³/mol. The van der Waals surface area contributed by atoms with Crippen LogP contribution < -0.4 is 9.62 Å². The zero-order valence-corrected chi connectivity index (χ0v) is 24.7. The molecule has 1 saturated carbocycles. The molecular weight excluding hydrogens is 541 g/mol. The zero-order chi connectivity index (χ0) is 29.6. The Morgan fingerprint density at radius 2 is 1.51 bits per heavy atom. The first-order chi connectivity index (χ1) is 19.5. The van der Waals surface area contributed by atoms with E-state index in [2.05, 4.69) is 5.32 Å². The lowest BCUT2D eigenvalue weighted by Crippen LogP contribution is -2.54. The Balaban J connectivity index is 1.74. The van der Waals surface area contributed by atoms with E-state index < -0.39 is 34.3 Å². The Bertz CT molecular complexity index is 1440. The third kappa shape index (κ3) is 7.94. The van der Waals surface area contributed by atoms with Crippen molar-refractivity contribution in [2.45, 2.75) is 64.6 Å². The van der Waals surface area contributed by atoms with Crippen molar-refractivity contribution in [1.82, 2.24) is 10.2 Å². The molecule has 1 atom stereocenters. The van der Waals surface area contributed by atoms with Crippen LogP contribution in [0.3, 0.4) is 0 Å². The van der Waals surface area contributed by atoms with Gasteiger partial charge in [0, 0.05) is 19.0 Å². The van der Waals surface area contributed by atoms with Gasteiger partial charge in [-0.2, -0.15) is 0 Å². The molecule has 0 bridgehead atoms. The number of carbonyl (C=O) groups is 2. The number of amides is 2. The molecule has 0 spiro atoms. The van der Waals surface area contributed by atoms with Crippen molar-refractivity contribution in [1.29, 1.82) is 0 Å². The summed E-state index contributed by atoms with van der Waals surface area (Å²) in [6, 6.07) is 19.8. The molecule has 218 valence electrons. The van der Waals surface area contributed by atoms with Crippen LogP contribution in [0.2, 0.25) is 0 Å². The second-order valence-corrected chi connectivity index (χ2v) is 12.8. The van der Waals surface area contributed by atoms with Crippen LogP contribution in [0.4, 0.5) is 10.1 Å². The quantitative estimate of drug-likeness (QED) is 0.350. The molecule has 0 aliphatic heterocycles. The first kappa shape index (κ1) is 30.2. The van der Waals surface area contributed by atoms with Gasteiger partial charge in [-0.1, -0.05) is 73.5 Å². The van der Waals surface area contributed by atoms with Crippen LogP contribution in [0.1, 0.15) is 47.9 Å². The van der Waals surface area contributed by atoms with E-state index in [0.29, 0.717) is 22.4 Å². The average molecular weight is 580 g/mol. The summed E-state index contributed by atoms with van der Waals surface area (Å²) in [4.78, 5) is 29.5. The maximum atomic E-state index is 14.2. The van der Waals surface area contributed by atoms with Gasteiger partial charge in [-0.3, -0.25) is 13.9 Å². The zero-order valence-electron chi connectivity index (χ0n) is 23.8. The number of halogens is 1. The van der Waals surface area contributed by atoms with Crippen LogP contribution in [0.5, 0.6) is 0 Å². The summed E-state index contributed by atoms with van der Waals surface area (Å²) < 4.78 is 40.9. The molecule has 7 nitrogen and oxygen atoms in total. The minimum atomic E-state index is -3.86. The normalized spacial score (nSPS) is 14.4. The maximum absolute atomic E-state index is 14.2. The van der Waals surface area contributed by atoms with Crippen LogP contribution in [-0.2, 0) is 32.6 Å². The van der Waals surface area contributed by atoms with Gasteiger partial charge in [-0.05, 0) is 61.1 Å². The van der Waals surface area contributed by atoms with Crippen LogP contribution in [-0.4, -0.2) is 50.0 Å². The van der Waals surface area contributed by atoms with E-state index in [1.165, 1.54) is 17.0 Å². The molecule has 1 N–H and O–H groups in total. The summed E-state index contributed by atoms with van der Waals surface area (Å²) >= 11 is 0. The van der Waals surface area contributed by atoms with Gasteiger partial charge in [0.25, 0.3) is 0 Å². The van der Waals surface area contributed by atoms with Crippen molar-refractivity contribution in [3.8, 4) is 0 Å². The number of hydrogen-bond acceptors (Lipinski definition) is 4. The van der Waals surface area contributed by atoms with Crippen LogP contribution in [0, 0.1) is 19.7 Å². The second kappa shape index (κ2) is 13.3. The molecule has 1 aliphatic carbocycles. The Labute approximate surface area is 242 Å². The number of benzene rings is 3. The van der Waals surface area contributed by atoms with Gasteiger partial charge in [-0.25, -0.2) is 12.8 Å². The Kier molecular flexibility index (Phi) is 9.81. The largest absolute Gasteiger partial charge is 0.352 e. The molecule has 0 unspecified atom stereocenters. The number of nitrogens with one attached hydrogen (secondary N) is 1. The molecule has 3 aromatic carbocycles. The van der Waals surface area contributed by atoms with Crippen molar-refractivity contribution in [3.63, 3.8) is 0 Å². The third-order valence-corrected chi connectivity index (χ3v) is 8.72. The number of carbonyl (C=O) groups excluding carboxylic acids is 2. The second-order valence-electron chi connectivity index (χ2n) is 10.9. The van der Waals surface area contributed by atoms with Crippen LogP contribution >= 0.6 is 0 Å². The van der Waals surface area contributed by atoms with E-state index in [1.807, 2.05) is 36.4 Å². The lowest BCUT2D eigenvalue weighted by Gasteiger charge is -2.34. The van der Waals surface area contributed by atoms with Crippen LogP contribution in [0.15, 0.2) is 72.8 Å². The maximum Gasteiger partial charge on any atom is 0.244 e. The van der Waals surface area contributed by atoms with E-state index in [9.17, 15) is 22.4 Å². The molecule has 0 heterocycles. The third-order valence-electron chi connectivity index (χ3n) is 7.61. The molecule has 1 aliphatic rings. The molecule has 4 rings (SSSR count). The number of sulfonamides is 1. The molecule has 41 heavy (non-hydrogen) atoms. The molecule has 0 aromatic heterocycles. The van der Waals surface area contributed by atoms with Crippen molar-refractivity contribution in [3.05, 3.63) is 101 Å². The predicted octanol–water partition coefficient (Wildman–Crippen LogP) is 4.91. The molecule has 0 radical (unpaired) electrons. The molecule has 0 saturated heterocycles. The highest BCUT2D eigenvalue weighted by molar-refractivity contribution is 7.92. The highest BCUT2D eigenvalue weighted by Crippen LogP contribution is 2.27.